The van der Waals surface area contributed by atoms with Crippen LogP contribution in [0.15, 0.2) is 22.8 Å². The van der Waals surface area contributed by atoms with Gasteiger partial charge in [0.25, 0.3) is 0 Å². The van der Waals surface area contributed by atoms with Crippen molar-refractivity contribution >= 4 is 10.8 Å². The average molecular weight is 229 g/mol. The zero-order valence-corrected chi connectivity index (χ0v) is 10.3. The van der Waals surface area contributed by atoms with E-state index in [1.165, 1.54) is 0 Å². The Balaban J connectivity index is 2.50. The van der Waals surface area contributed by atoms with Crippen LogP contribution in [0.2, 0.25) is 0 Å². The average Bonchev–Trinajstić information content (AvgIpc) is 2.65. The molecule has 1 N–H and O–H groups in total. The maximum absolute atomic E-state index is 11.1. The molecule has 0 aliphatic rings. The Bertz CT molecular complexity index is 298. The largest absolute Gasteiger partial charge is 0.468 e. The second kappa shape index (κ2) is 6.08. The molecule has 86 valence electrons. The van der Waals surface area contributed by atoms with E-state index in [0.29, 0.717) is 5.75 Å². The van der Waals surface area contributed by atoms with Crippen LogP contribution >= 0.6 is 0 Å². The first-order valence-electron chi connectivity index (χ1n) is 5.23. The lowest BCUT2D eigenvalue weighted by Crippen LogP contribution is -2.34. The number of nitrogens with one attached hydrogen (secondary N) is 1. The molecule has 0 radical (unpaired) electrons. The minimum Gasteiger partial charge on any atom is -0.468 e. The fourth-order valence-corrected chi connectivity index (χ4v) is 2.43. The summed E-state index contributed by atoms with van der Waals surface area (Å²) in [7, 11) is -0.754. The van der Waals surface area contributed by atoms with E-state index < -0.39 is 10.8 Å². The van der Waals surface area contributed by atoms with Gasteiger partial charge in [-0.05, 0) is 25.5 Å². The Morgan fingerprint density at radius 2 is 2.33 bits per heavy atom. The molecule has 0 aromatic carbocycles. The summed E-state index contributed by atoms with van der Waals surface area (Å²) < 4.78 is 16.4. The van der Waals surface area contributed by atoms with E-state index in [2.05, 4.69) is 12.2 Å². The quantitative estimate of drug-likeness (QED) is 0.812. The monoisotopic (exact) mass is 229 g/mol. The standard InChI is InChI=1S/C11H19NO2S/c1-4-10(11-6-5-7-14-11)12-9(2)8-15(3)13/h5-7,9-10,12H,4,8H2,1-3H3. The van der Waals surface area contributed by atoms with Crippen LogP contribution in [0.4, 0.5) is 0 Å². The van der Waals surface area contributed by atoms with Crippen LogP contribution in [0, 0.1) is 0 Å². The van der Waals surface area contributed by atoms with E-state index >= 15 is 0 Å². The molecule has 3 unspecified atom stereocenters. The van der Waals surface area contributed by atoms with Crippen molar-refractivity contribution in [3.05, 3.63) is 24.2 Å². The van der Waals surface area contributed by atoms with Gasteiger partial charge in [0, 0.05) is 28.9 Å². The molecular weight excluding hydrogens is 210 g/mol. The van der Waals surface area contributed by atoms with Crippen LogP contribution < -0.4 is 5.32 Å². The fourth-order valence-electron chi connectivity index (χ4n) is 1.63. The molecule has 0 aliphatic carbocycles. The number of hydrogen-bond donors (Lipinski definition) is 1. The Morgan fingerprint density at radius 1 is 1.60 bits per heavy atom. The van der Waals surface area contributed by atoms with E-state index in [1.54, 1.807) is 12.5 Å². The van der Waals surface area contributed by atoms with Crippen molar-refractivity contribution in [1.82, 2.24) is 5.32 Å². The Morgan fingerprint density at radius 3 is 2.80 bits per heavy atom. The minimum atomic E-state index is -0.754. The van der Waals surface area contributed by atoms with Crippen molar-refractivity contribution in [2.75, 3.05) is 12.0 Å². The summed E-state index contributed by atoms with van der Waals surface area (Å²) in [6.45, 7) is 4.16. The van der Waals surface area contributed by atoms with Crippen LogP contribution in [0.25, 0.3) is 0 Å². The van der Waals surface area contributed by atoms with Gasteiger partial charge in [0.05, 0.1) is 12.3 Å². The first-order valence-corrected chi connectivity index (χ1v) is 6.95. The van der Waals surface area contributed by atoms with Gasteiger partial charge in [0.1, 0.15) is 5.76 Å². The zero-order chi connectivity index (χ0) is 11.3. The zero-order valence-electron chi connectivity index (χ0n) is 9.53. The summed E-state index contributed by atoms with van der Waals surface area (Å²) in [6, 6.07) is 4.32. The lowest BCUT2D eigenvalue weighted by atomic mass is 10.1. The maximum atomic E-state index is 11.1. The summed E-state index contributed by atoms with van der Waals surface area (Å²) in [5.41, 5.74) is 0. The molecule has 1 aromatic heterocycles. The van der Waals surface area contributed by atoms with Gasteiger partial charge in [-0.1, -0.05) is 6.92 Å². The summed E-state index contributed by atoms with van der Waals surface area (Å²) in [5, 5.41) is 3.41. The van der Waals surface area contributed by atoms with E-state index in [-0.39, 0.29) is 12.1 Å². The summed E-state index contributed by atoms with van der Waals surface area (Å²) >= 11 is 0. The molecule has 0 fully saturated rings. The van der Waals surface area contributed by atoms with Gasteiger partial charge >= 0.3 is 0 Å². The molecule has 0 spiro atoms. The predicted octanol–water partition coefficient (Wildman–Crippen LogP) is 2.09. The van der Waals surface area contributed by atoms with Gasteiger partial charge in [-0.15, -0.1) is 0 Å². The van der Waals surface area contributed by atoms with E-state index in [0.717, 1.165) is 12.2 Å². The van der Waals surface area contributed by atoms with Gasteiger partial charge in [0.15, 0.2) is 0 Å². The molecule has 1 aromatic rings. The Kier molecular flexibility index (Phi) is 5.05. The van der Waals surface area contributed by atoms with Gasteiger partial charge in [-0.25, -0.2) is 0 Å². The maximum Gasteiger partial charge on any atom is 0.120 e. The van der Waals surface area contributed by atoms with Crippen molar-refractivity contribution in [1.29, 1.82) is 0 Å². The minimum absolute atomic E-state index is 0.221. The highest BCUT2D eigenvalue weighted by Gasteiger charge is 2.15. The highest BCUT2D eigenvalue weighted by atomic mass is 32.2. The SMILES string of the molecule is CCC(NC(C)CS(C)=O)c1ccco1. The molecule has 15 heavy (non-hydrogen) atoms. The summed E-state index contributed by atoms with van der Waals surface area (Å²) in [5.74, 6) is 1.63. The molecular formula is C11H19NO2S. The molecule has 3 nitrogen and oxygen atoms in total. The molecule has 1 heterocycles. The molecule has 0 aliphatic heterocycles. The third kappa shape index (κ3) is 4.18. The summed E-state index contributed by atoms with van der Waals surface area (Å²) in [4.78, 5) is 0. The van der Waals surface area contributed by atoms with E-state index in [1.807, 2.05) is 19.1 Å². The van der Waals surface area contributed by atoms with Crippen LogP contribution in [0.1, 0.15) is 32.1 Å². The molecule has 0 saturated heterocycles. The first-order chi connectivity index (χ1) is 7.13. The van der Waals surface area contributed by atoms with Gasteiger partial charge in [0.2, 0.25) is 0 Å². The second-order valence-corrected chi connectivity index (χ2v) is 5.26. The van der Waals surface area contributed by atoms with Crippen molar-refractivity contribution in [2.24, 2.45) is 0 Å². The van der Waals surface area contributed by atoms with E-state index in [9.17, 15) is 4.21 Å². The lowest BCUT2D eigenvalue weighted by Gasteiger charge is -2.19. The van der Waals surface area contributed by atoms with E-state index in [4.69, 9.17) is 4.42 Å². The fraction of sp³-hybridized carbons (Fsp3) is 0.636. The van der Waals surface area contributed by atoms with Gasteiger partial charge in [-0.3, -0.25) is 4.21 Å². The van der Waals surface area contributed by atoms with Crippen LogP contribution in [-0.4, -0.2) is 22.3 Å². The third-order valence-electron chi connectivity index (χ3n) is 2.27. The summed E-state index contributed by atoms with van der Waals surface area (Å²) in [6.07, 6.45) is 4.38. The van der Waals surface area contributed by atoms with Crippen LogP contribution in [0.3, 0.4) is 0 Å². The highest BCUT2D eigenvalue weighted by Crippen LogP contribution is 2.17. The van der Waals surface area contributed by atoms with Gasteiger partial charge in [-0.2, -0.15) is 0 Å². The molecule has 0 amide bonds. The molecule has 0 saturated carbocycles. The van der Waals surface area contributed by atoms with Crippen LogP contribution in [0.5, 0.6) is 0 Å². The second-order valence-electron chi connectivity index (χ2n) is 3.78. The number of rotatable bonds is 6. The molecule has 1 rings (SSSR count). The molecule has 4 heteroatoms. The Labute approximate surface area is 93.7 Å². The smallest absolute Gasteiger partial charge is 0.120 e. The van der Waals surface area contributed by atoms with Gasteiger partial charge < -0.3 is 9.73 Å². The molecule has 3 atom stereocenters. The van der Waals surface area contributed by atoms with Crippen molar-refractivity contribution in [3.8, 4) is 0 Å². The van der Waals surface area contributed by atoms with Crippen molar-refractivity contribution in [2.45, 2.75) is 32.4 Å². The number of hydrogen-bond acceptors (Lipinski definition) is 3. The van der Waals surface area contributed by atoms with Crippen molar-refractivity contribution < 1.29 is 8.63 Å². The lowest BCUT2D eigenvalue weighted by molar-refractivity contribution is 0.383. The van der Waals surface area contributed by atoms with Crippen molar-refractivity contribution in [3.63, 3.8) is 0 Å². The Hall–Kier alpha value is -0.610. The highest BCUT2D eigenvalue weighted by molar-refractivity contribution is 7.84. The van der Waals surface area contributed by atoms with Crippen LogP contribution in [-0.2, 0) is 10.8 Å². The first kappa shape index (κ1) is 12.5. The topological polar surface area (TPSA) is 42.2 Å². The predicted molar refractivity (Wildman–Crippen MR) is 63.3 cm³/mol. The normalized spacial score (nSPS) is 17.3. The molecule has 0 bridgehead atoms. The third-order valence-corrected chi connectivity index (χ3v) is 3.23. The number of furan rings is 1.